The van der Waals surface area contributed by atoms with Crippen LogP contribution in [0.1, 0.15) is 29.6 Å². The van der Waals surface area contributed by atoms with Gasteiger partial charge in [0.15, 0.2) is 6.61 Å². The van der Waals surface area contributed by atoms with E-state index in [9.17, 15) is 9.59 Å². The molecule has 0 unspecified atom stereocenters. The molecular weight excluding hydrogens is 388 g/mol. The van der Waals surface area contributed by atoms with Gasteiger partial charge in [0.25, 0.3) is 11.5 Å². The predicted octanol–water partition coefficient (Wildman–Crippen LogP) is 3.66. The molecule has 158 valence electrons. The Morgan fingerprint density at radius 3 is 2.42 bits per heavy atom. The van der Waals surface area contributed by atoms with Gasteiger partial charge in [0, 0.05) is 36.8 Å². The van der Waals surface area contributed by atoms with Crippen molar-refractivity contribution in [2.75, 3.05) is 19.7 Å². The Bertz CT molecular complexity index is 1110. The first-order chi connectivity index (χ1) is 15.2. The second kappa shape index (κ2) is 8.42. The molecule has 0 saturated carbocycles. The van der Waals surface area contributed by atoms with Crippen LogP contribution in [0.15, 0.2) is 83.7 Å². The van der Waals surface area contributed by atoms with Crippen LogP contribution in [0.2, 0.25) is 0 Å². The van der Waals surface area contributed by atoms with Crippen LogP contribution in [-0.4, -0.2) is 35.1 Å². The third kappa shape index (κ3) is 4.00. The lowest BCUT2D eigenvalue weighted by Gasteiger charge is -2.47. The molecule has 1 fully saturated rings. The maximum absolute atomic E-state index is 13.0. The van der Waals surface area contributed by atoms with Crippen molar-refractivity contribution in [3.05, 3.63) is 100 Å². The van der Waals surface area contributed by atoms with Gasteiger partial charge in [0.05, 0.1) is 0 Å². The normalized spacial score (nSPS) is 21.9. The number of ether oxygens (including phenoxy) is 1. The zero-order valence-electron chi connectivity index (χ0n) is 17.4. The van der Waals surface area contributed by atoms with E-state index in [4.69, 9.17) is 4.74 Å². The number of benzene rings is 2. The molecule has 2 bridgehead atoms. The highest BCUT2D eigenvalue weighted by Crippen LogP contribution is 2.42. The molecule has 1 amide bonds. The summed E-state index contributed by atoms with van der Waals surface area (Å²) in [6.45, 7) is 1.33. The van der Waals surface area contributed by atoms with Gasteiger partial charge in [0.1, 0.15) is 5.75 Å². The van der Waals surface area contributed by atoms with Crippen molar-refractivity contribution >= 4 is 5.91 Å². The second-order valence-corrected chi connectivity index (χ2v) is 8.51. The standard InChI is InChI=1S/C26H26N2O3/c29-25-13-7-12-23-20-15-21(24(28(23)25)14-19-8-3-1-4-9-19)17-27(16-20)26(30)18-31-22-10-5-2-6-11-22/h1-13,20-21,24H,14-18H2/t20-,21+,24+/m1/s1. The lowest BCUT2D eigenvalue weighted by Crippen LogP contribution is -2.52. The number of hydrogen-bond donors (Lipinski definition) is 0. The first-order valence-corrected chi connectivity index (χ1v) is 10.9. The van der Waals surface area contributed by atoms with E-state index in [-0.39, 0.29) is 36.0 Å². The van der Waals surface area contributed by atoms with E-state index in [1.165, 1.54) is 5.56 Å². The third-order valence-corrected chi connectivity index (χ3v) is 6.54. The van der Waals surface area contributed by atoms with Gasteiger partial charge in [-0.05, 0) is 42.5 Å². The minimum Gasteiger partial charge on any atom is -0.484 e. The summed E-state index contributed by atoms with van der Waals surface area (Å²) in [4.78, 5) is 27.7. The number of hydrogen-bond acceptors (Lipinski definition) is 3. The molecule has 3 atom stereocenters. The first-order valence-electron chi connectivity index (χ1n) is 10.9. The molecule has 1 aromatic heterocycles. The number of carbonyl (C=O) groups is 1. The van der Waals surface area contributed by atoms with Crippen LogP contribution < -0.4 is 10.3 Å². The molecule has 5 rings (SSSR count). The van der Waals surface area contributed by atoms with Crippen molar-refractivity contribution in [2.24, 2.45) is 5.92 Å². The molecule has 2 aliphatic heterocycles. The van der Waals surface area contributed by atoms with Crippen LogP contribution >= 0.6 is 0 Å². The Morgan fingerprint density at radius 1 is 0.903 bits per heavy atom. The van der Waals surface area contributed by atoms with Crippen molar-refractivity contribution in [3.8, 4) is 5.75 Å². The predicted molar refractivity (Wildman–Crippen MR) is 119 cm³/mol. The number of amides is 1. The van der Waals surface area contributed by atoms with Gasteiger partial charge in [-0.3, -0.25) is 9.59 Å². The number of aromatic nitrogens is 1. The molecule has 0 radical (unpaired) electrons. The van der Waals surface area contributed by atoms with Gasteiger partial charge in [-0.1, -0.05) is 54.6 Å². The monoisotopic (exact) mass is 414 g/mol. The fraction of sp³-hybridized carbons (Fsp3) is 0.308. The minimum atomic E-state index is 0.00347. The number of para-hydroxylation sites is 1. The van der Waals surface area contributed by atoms with Gasteiger partial charge < -0.3 is 14.2 Å². The molecule has 3 heterocycles. The molecule has 3 aromatic rings. The van der Waals surface area contributed by atoms with Gasteiger partial charge in [0.2, 0.25) is 0 Å². The van der Waals surface area contributed by atoms with E-state index in [2.05, 4.69) is 18.2 Å². The van der Waals surface area contributed by atoms with E-state index in [0.717, 1.165) is 18.5 Å². The third-order valence-electron chi connectivity index (χ3n) is 6.54. The average molecular weight is 415 g/mol. The van der Waals surface area contributed by atoms with Gasteiger partial charge >= 0.3 is 0 Å². The summed E-state index contributed by atoms with van der Waals surface area (Å²) in [6, 6.07) is 25.3. The molecule has 5 heteroatoms. The Morgan fingerprint density at radius 2 is 1.65 bits per heavy atom. The van der Waals surface area contributed by atoms with Crippen molar-refractivity contribution < 1.29 is 9.53 Å². The van der Waals surface area contributed by atoms with Gasteiger partial charge in [-0.2, -0.15) is 0 Å². The fourth-order valence-corrected chi connectivity index (χ4v) is 5.12. The lowest BCUT2D eigenvalue weighted by atomic mass is 9.76. The molecule has 31 heavy (non-hydrogen) atoms. The summed E-state index contributed by atoms with van der Waals surface area (Å²) < 4.78 is 7.70. The summed E-state index contributed by atoms with van der Waals surface area (Å²) in [6.07, 6.45) is 1.79. The molecule has 0 aliphatic carbocycles. The van der Waals surface area contributed by atoms with Crippen molar-refractivity contribution in [1.29, 1.82) is 0 Å². The Kier molecular flexibility index (Phi) is 5.33. The zero-order chi connectivity index (χ0) is 21.2. The molecule has 2 aromatic carbocycles. The van der Waals surface area contributed by atoms with Crippen LogP contribution in [0.3, 0.4) is 0 Å². The fourth-order valence-electron chi connectivity index (χ4n) is 5.12. The Balaban J connectivity index is 1.39. The number of likely N-dealkylation sites (tertiary alicyclic amines) is 1. The molecule has 0 N–H and O–H groups in total. The molecule has 5 nitrogen and oxygen atoms in total. The highest BCUT2D eigenvalue weighted by Gasteiger charge is 2.41. The van der Waals surface area contributed by atoms with Crippen molar-refractivity contribution in [1.82, 2.24) is 9.47 Å². The summed E-state index contributed by atoms with van der Waals surface area (Å²) >= 11 is 0. The number of nitrogens with zero attached hydrogens (tertiary/aromatic N) is 2. The highest BCUT2D eigenvalue weighted by molar-refractivity contribution is 5.78. The second-order valence-electron chi connectivity index (χ2n) is 8.51. The minimum absolute atomic E-state index is 0.00347. The van der Waals surface area contributed by atoms with Gasteiger partial charge in [-0.25, -0.2) is 0 Å². The van der Waals surface area contributed by atoms with E-state index >= 15 is 0 Å². The molecule has 0 spiro atoms. The van der Waals surface area contributed by atoms with E-state index in [1.807, 2.05) is 64.1 Å². The van der Waals surface area contributed by atoms with E-state index < -0.39 is 0 Å². The number of piperidine rings is 1. The smallest absolute Gasteiger partial charge is 0.260 e. The van der Waals surface area contributed by atoms with E-state index in [0.29, 0.717) is 18.8 Å². The summed E-state index contributed by atoms with van der Waals surface area (Å²) in [5.74, 6) is 1.13. The highest BCUT2D eigenvalue weighted by atomic mass is 16.5. The average Bonchev–Trinajstić information content (AvgIpc) is 2.81. The lowest BCUT2D eigenvalue weighted by molar-refractivity contribution is -0.136. The maximum Gasteiger partial charge on any atom is 0.260 e. The first kappa shape index (κ1) is 19.6. The van der Waals surface area contributed by atoms with Crippen molar-refractivity contribution in [2.45, 2.75) is 24.8 Å². The number of carbonyl (C=O) groups excluding carboxylic acids is 1. The molecule has 2 aliphatic rings. The van der Waals surface area contributed by atoms with Crippen LogP contribution in [-0.2, 0) is 11.2 Å². The topological polar surface area (TPSA) is 51.5 Å². The summed E-state index contributed by atoms with van der Waals surface area (Å²) in [5, 5.41) is 0. The van der Waals surface area contributed by atoms with Crippen LogP contribution in [0.5, 0.6) is 5.75 Å². The SMILES string of the molecule is O=C(COc1ccccc1)N1C[C@H]2C[C@@H](C1)[C@H](Cc1ccccc1)n1c2cccc1=O. The van der Waals surface area contributed by atoms with Crippen LogP contribution in [0, 0.1) is 5.92 Å². The van der Waals surface area contributed by atoms with Crippen LogP contribution in [0.4, 0.5) is 0 Å². The largest absolute Gasteiger partial charge is 0.484 e. The molecular formula is C26H26N2O3. The molecule has 1 saturated heterocycles. The Hall–Kier alpha value is -3.34. The van der Waals surface area contributed by atoms with Gasteiger partial charge in [-0.15, -0.1) is 0 Å². The maximum atomic E-state index is 13.0. The van der Waals surface area contributed by atoms with Crippen molar-refractivity contribution in [3.63, 3.8) is 0 Å². The number of fused-ring (bicyclic) bond motifs is 4. The quantitative estimate of drug-likeness (QED) is 0.640. The number of pyridine rings is 1. The number of rotatable bonds is 5. The summed E-state index contributed by atoms with van der Waals surface area (Å²) in [5.41, 5.74) is 2.31. The zero-order valence-corrected chi connectivity index (χ0v) is 17.4. The Labute approximate surface area is 181 Å². The summed E-state index contributed by atoms with van der Waals surface area (Å²) in [7, 11) is 0. The van der Waals surface area contributed by atoms with E-state index in [1.54, 1.807) is 6.07 Å². The van der Waals surface area contributed by atoms with Crippen LogP contribution in [0.25, 0.3) is 0 Å².